The summed E-state index contributed by atoms with van der Waals surface area (Å²) in [7, 11) is 0. The van der Waals surface area contributed by atoms with Gasteiger partial charge in [0.25, 0.3) is 5.91 Å². The second-order valence-corrected chi connectivity index (χ2v) is 9.23. The first kappa shape index (κ1) is 20.1. The fraction of sp³-hybridized carbons (Fsp3) is 0.409. The average molecular weight is 430 g/mol. The van der Waals surface area contributed by atoms with Crippen molar-refractivity contribution < 1.29 is 9.53 Å². The number of nitrogens with zero attached hydrogens (tertiary/aromatic N) is 2. The Bertz CT molecular complexity index is 1010. The van der Waals surface area contributed by atoms with Gasteiger partial charge in [-0.15, -0.1) is 11.3 Å². The maximum Gasteiger partial charge on any atom is 0.251 e. The number of ether oxygens (including phenoxy) is 1. The Hall–Kier alpha value is -2.18. The van der Waals surface area contributed by atoms with Crippen LogP contribution in [0.1, 0.15) is 60.8 Å². The van der Waals surface area contributed by atoms with Crippen LogP contribution in [0.5, 0.6) is 5.88 Å². The molecule has 152 valence electrons. The van der Waals surface area contributed by atoms with Crippen molar-refractivity contribution in [2.75, 3.05) is 0 Å². The van der Waals surface area contributed by atoms with E-state index in [0.29, 0.717) is 17.4 Å². The third-order valence-electron chi connectivity index (χ3n) is 5.13. The van der Waals surface area contributed by atoms with Crippen molar-refractivity contribution in [1.29, 1.82) is 0 Å². The van der Waals surface area contributed by atoms with Crippen LogP contribution in [0.2, 0.25) is 5.02 Å². The van der Waals surface area contributed by atoms with Gasteiger partial charge in [-0.2, -0.15) is 0 Å². The Morgan fingerprint density at radius 1 is 1.21 bits per heavy atom. The number of halogens is 1. The van der Waals surface area contributed by atoms with Crippen LogP contribution < -0.4 is 10.1 Å². The number of benzene rings is 1. The predicted molar refractivity (Wildman–Crippen MR) is 117 cm³/mol. The molecule has 0 bridgehead atoms. The van der Waals surface area contributed by atoms with Crippen molar-refractivity contribution in [1.82, 2.24) is 15.3 Å². The van der Waals surface area contributed by atoms with E-state index in [1.165, 1.54) is 9.71 Å². The molecular formula is C22H24ClN3O2S. The van der Waals surface area contributed by atoms with E-state index in [-0.39, 0.29) is 18.1 Å². The Morgan fingerprint density at radius 2 is 2.00 bits per heavy atom. The van der Waals surface area contributed by atoms with E-state index >= 15 is 0 Å². The molecule has 1 amide bonds. The average Bonchev–Trinajstić information content (AvgIpc) is 3.11. The van der Waals surface area contributed by atoms with E-state index in [0.717, 1.165) is 36.2 Å². The summed E-state index contributed by atoms with van der Waals surface area (Å²) in [6.07, 6.45) is 5.59. The number of nitrogens with one attached hydrogen (secondary N) is 1. The quantitative estimate of drug-likeness (QED) is 0.574. The fourth-order valence-corrected chi connectivity index (χ4v) is 4.99. The molecule has 1 N–H and O–H groups in total. The summed E-state index contributed by atoms with van der Waals surface area (Å²) in [5.41, 5.74) is 1.56. The maximum atomic E-state index is 12.6. The molecule has 2 aromatic heterocycles. The minimum Gasteiger partial charge on any atom is -0.475 e. The van der Waals surface area contributed by atoms with Crippen molar-refractivity contribution in [3.05, 3.63) is 52.1 Å². The minimum absolute atomic E-state index is 0.0228. The lowest BCUT2D eigenvalue weighted by atomic mass is 9.86. The van der Waals surface area contributed by atoms with E-state index in [9.17, 15) is 4.79 Å². The topological polar surface area (TPSA) is 64.1 Å². The summed E-state index contributed by atoms with van der Waals surface area (Å²) in [4.78, 5) is 21.6. The molecule has 7 heteroatoms. The van der Waals surface area contributed by atoms with E-state index in [1.54, 1.807) is 29.7 Å². The summed E-state index contributed by atoms with van der Waals surface area (Å²) >= 11 is 7.83. The molecule has 0 radical (unpaired) electrons. The Balaban J connectivity index is 1.35. The van der Waals surface area contributed by atoms with Crippen LogP contribution in [0.25, 0.3) is 10.2 Å². The van der Waals surface area contributed by atoms with Crippen LogP contribution in [-0.4, -0.2) is 28.0 Å². The zero-order valence-corrected chi connectivity index (χ0v) is 18.1. The van der Waals surface area contributed by atoms with Crippen LogP contribution in [0.3, 0.4) is 0 Å². The van der Waals surface area contributed by atoms with Gasteiger partial charge in [-0.3, -0.25) is 4.79 Å². The molecule has 0 aliphatic heterocycles. The molecule has 0 unspecified atom stereocenters. The number of amides is 1. The van der Waals surface area contributed by atoms with Crippen LogP contribution in [0, 0.1) is 0 Å². The maximum absolute atomic E-state index is 12.6. The van der Waals surface area contributed by atoms with Gasteiger partial charge >= 0.3 is 0 Å². The summed E-state index contributed by atoms with van der Waals surface area (Å²) in [5.74, 6) is 0.859. The van der Waals surface area contributed by atoms with Gasteiger partial charge in [0.05, 0.1) is 21.3 Å². The molecule has 4 rings (SSSR count). The molecule has 1 fully saturated rings. The van der Waals surface area contributed by atoms with Crippen molar-refractivity contribution in [2.24, 2.45) is 0 Å². The first-order valence-corrected chi connectivity index (χ1v) is 11.2. The Morgan fingerprint density at radius 3 is 2.76 bits per heavy atom. The summed E-state index contributed by atoms with van der Waals surface area (Å²) in [5, 5.41) is 5.06. The molecule has 1 saturated carbocycles. The highest BCUT2D eigenvalue weighted by Crippen LogP contribution is 2.37. The number of fused-ring (bicyclic) bond motifs is 1. The predicted octanol–water partition coefficient (Wildman–Crippen LogP) is 5.59. The van der Waals surface area contributed by atoms with Crippen LogP contribution in [0.15, 0.2) is 36.5 Å². The molecular weight excluding hydrogens is 406 g/mol. The van der Waals surface area contributed by atoms with Crippen molar-refractivity contribution in [2.45, 2.75) is 57.6 Å². The van der Waals surface area contributed by atoms with E-state index in [2.05, 4.69) is 10.3 Å². The van der Waals surface area contributed by atoms with Gasteiger partial charge in [0.1, 0.15) is 0 Å². The van der Waals surface area contributed by atoms with Gasteiger partial charge in [-0.05, 0) is 63.8 Å². The fourth-order valence-electron chi connectivity index (χ4n) is 3.70. The SMILES string of the molecule is CC(C)Oc1cc(C(=O)NC2CCC(c3nc4cc(Cl)ccc4s3)CC2)ccn1. The normalized spacial score (nSPS) is 19.4. The Kier molecular flexibility index (Phi) is 6.01. The van der Waals surface area contributed by atoms with Crippen LogP contribution in [-0.2, 0) is 0 Å². The van der Waals surface area contributed by atoms with Gasteiger partial charge < -0.3 is 10.1 Å². The third kappa shape index (κ3) is 4.87. The van der Waals surface area contributed by atoms with Gasteiger partial charge in [0, 0.05) is 34.8 Å². The second-order valence-electron chi connectivity index (χ2n) is 7.74. The number of aromatic nitrogens is 2. The second kappa shape index (κ2) is 8.67. The number of carbonyl (C=O) groups excluding carboxylic acids is 1. The third-order valence-corrected chi connectivity index (χ3v) is 6.57. The van der Waals surface area contributed by atoms with Gasteiger partial charge in [-0.25, -0.2) is 9.97 Å². The monoisotopic (exact) mass is 429 g/mol. The zero-order chi connectivity index (χ0) is 20.4. The summed E-state index contributed by atoms with van der Waals surface area (Å²) in [6, 6.07) is 9.48. The number of hydrogen-bond acceptors (Lipinski definition) is 5. The number of rotatable bonds is 5. The first-order chi connectivity index (χ1) is 14.0. The number of carbonyl (C=O) groups is 1. The van der Waals surface area contributed by atoms with E-state index in [1.807, 2.05) is 32.0 Å². The molecule has 5 nitrogen and oxygen atoms in total. The van der Waals surface area contributed by atoms with Crippen molar-refractivity contribution >= 4 is 39.1 Å². The van der Waals surface area contributed by atoms with Gasteiger partial charge in [0.2, 0.25) is 5.88 Å². The highest BCUT2D eigenvalue weighted by molar-refractivity contribution is 7.18. The molecule has 0 spiro atoms. The molecule has 1 aromatic carbocycles. The number of hydrogen-bond donors (Lipinski definition) is 1. The molecule has 2 heterocycles. The lowest BCUT2D eigenvalue weighted by molar-refractivity contribution is 0.0924. The lowest BCUT2D eigenvalue weighted by Crippen LogP contribution is -2.37. The largest absolute Gasteiger partial charge is 0.475 e. The van der Waals surface area contributed by atoms with Gasteiger partial charge in [-0.1, -0.05) is 11.6 Å². The first-order valence-electron chi connectivity index (χ1n) is 9.97. The van der Waals surface area contributed by atoms with Crippen LogP contribution in [0.4, 0.5) is 0 Å². The Labute approximate surface area is 179 Å². The van der Waals surface area contributed by atoms with Gasteiger partial charge in [0.15, 0.2) is 0 Å². The highest BCUT2D eigenvalue weighted by atomic mass is 35.5. The summed E-state index contributed by atoms with van der Waals surface area (Å²) in [6.45, 7) is 3.87. The van der Waals surface area contributed by atoms with Crippen molar-refractivity contribution in [3.63, 3.8) is 0 Å². The highest BCUT2D eigenvalue weighted by Gasteiger charge is 2.26. The number of thiazole rings is 1. The minimum atomic E-state index is -0.0703. The lowest BCUT2D eigenvalue weighted by Gasteiger charge is -2.28. The van der Waals surface area contributed by atoms with E-state index in [4.69, 9.17) is 21.3 Å². The molecule has 0 atom stereocenters. The zero-order valence-electron chi connectivity index (χ0n) is 16.5. The molecule has 1 aliphatic rings. The van der Waals surface area contributed by atoms with Crippen LogP contribution >= 0.6 is 22.9 Å². The standard InChI is InChI=1S/C22H24ClN3O2S/c1-13(2)28-20-11-15(9-10-24-20)21(27)25-17-6-3-14(4-7-17)22-26-18-12-16(23)5-8-19(18)29-22/h5,8-14,17H,3-4,6-7H2,1-2H3,(H,25,27). The molecule has 29 heavy (non-hydrogen) atoms. The molecule has 0 saturated heterocycles. The van der Waals surface area contributed by atoms with E-state index < -0.39 is 0 Å². The number of pyridine rings is 1. The smallest absolute Gasteiger partial charge is 0.251 e. The molecule has 3 aromatic rings. The summed E-state index contributed by atoms with van der Waals surface area (Å²) < 4.78 is 6.76. The molecule has 1 aliphatic carbocycles. The van der Waals surface area contributed by atoms with Crippen molar-refractivity contribution in [3.8, 4) is 5.88 Å².